The molecule has 1 N–H and O–H groups in total. The summed E-state index contributed by atoms with van der Waals surface area (Å²) in [4.78, 5) is 16.4. The molecule has 0 bridgehead atoms. The van der Waals surface area contributed by atoms with Crippen molar-refractivity contribution in [3.05, 3.63) is 0 Å². The topological polar surface area (TPSA) is 53.0 Å². The SMILES string of the molecule is CC1CN(C2CCCCC2O)CCN1C(=O)OC(C)(C)C. The van der Waals surface area contributed by atoms with Gasteiger partial charge in [-0.2, -0.15) is 0 Å². The van der Waals surface area contributed by atoms with Gasteiger partial charge in [0.2, 0.25) is 0 Å². The van der Waals surface area contributed by atoms with Crippen LogP contribution in [0, 0.1) is 0 Å². The largest absolute Gasteiger partial charge is 0.444 e. The predicted molar refractivity (Wildman–Crippen MR) is 82.2 cm³/mol. The average molecular weight is 298 g/mol. The van der Waals surface area contributed by atoms with Crippen molar-refractivity contribution in [1.82, 2.24) is 9.80 Å². The molecule has 0 aromatic carbocycles. The minimum Gasteiger partial charge on any atom is -0.444 e. The van der Waals surface area contributed by atoms with Crippen molar-refractivity contribution < 1.29 is 14.6 Å². The predicted octanol–water partition coefficient (Wildman–Crippen LogP) is 2.23. The van der Waals surface area contributed by atoms with Gasteiger partial charge in [-0.1, -0.05) is 12.8 Å². The Morgan fingerprint density at radius 1 is 1.19 bits per heavy atom. The molecule has 122 valence electrons. The molecule has 0 aromatic heterocycles. The summed E-state index contributed by atoms with van der Waals surface area (Å²) in [5, 5.41) is 10.2. The number of carbonyl (C=O) groups excluding carboxylic acids is 1. The Morgan fingerprint density at radius 2 is 1.86 bits per heavy atom. The Bertz CT molecular complexity index is 367. The van der Waals surface area contributed by atoms with Crippen molar-refractivity contribution in [2.24, 2.45) is 0 Å². The first kappa shape index (κ1) is 16.6. The lowest BCUT2D eigenvalue weighted by Gasteiger charge is -2.45. The third-order valence-corrected chi connectivity index (χ3v) is 4.45. The highest BCUT2D eigenvalue weighted by Gasteiger charge is 2.36. The summed E-state index contributed by atoms with van der Waals surface area (Å²) in [5.74, 6) is 0. The van der Waals surface area contributed by atoms with E-state index in [1.54, 1.807) is 0 Å². The molecule has 1 amide bonds. The second-order valence-electron chi connectivity index (χ2n) is 7.44. The zero-order valence-electron chi connectivity index (χ0n) is 13.8. The minimum absolute atomic E-state index is 0.128. The van der Waals surface area contributed by atoms with Crippen LogP contribution in [0.25, 0.3) is 0 Å². The number of amides is 1. The molecule has 1 aliphatic carbocycles. The quantitative estimate of drug-likeness (QED) is 0.806. The molecule has 0 aromatic rings. The summed E-state index contributed by atoms with van der Waals surface area (Å²) in [6.07, 6.45) is 3.87. The van der Waals surface area contributed by atoms with E-state index < -0.39 is 5.60 Å². The number of aliphatic hydroxyl groups is 1. The summed E-state index contributed by atoms with van der Waals surface area (Å²) >= 11 is 0. The van der Waals surface area contributed by atoms with Gasteiger partial charge >= 0.3 is 6.09 Å². The van der Waals surface area contributed by atoms with Gasteiger partial charge in [0, 0.05) is 31.7 Å². The monoisotopic (exact) mass is 298 g/mol. The summed E-state index contributed by atoms with van der Waals surface area (Å²) < 4.78 is 5.47. The van der Waals surface area contributed by atoms with Crippen LogP contribution >= 0.6 is 0 Å². The summed E-state index contributed by atoms with van der Waals surface area (Å²) in [5.41, 5.74) is -0.451. The number of rotatable bonds is 1. The number of aliphatic hydroxyl groups excluding tert-OH is 1. The molecule has 3 atom stereocenters. The highest BCUT2D eigenvalue weighted by molar-refractivity contribution is 5.68. The van der Waals surface area contributed by atoms with Gasteiger partial charge in [0.15, 0.2) is 0 Å². The van der Waals surface area contributed by atoms with Crippen molar-refractivity contribution in [3.63, 3.8) is 0 Å². The fourth-order valence-corrected chi connectivity index (χ4v) is 3.40. The number of hydrogen-bond acceptors (Lipinski definition) is 4. The van der Waals surface area contributed by atoms with E-state index in [0.717, 1.165) is 32.4 Å². The van der Waals surface area contributed by atoms with Gasteiger partial charge in [0.25, 0.3) is 0 Å². The van der Waals surface area contributed by atoms with Crippen molar-refractivity contribution in [2.75, 3.05) is 19.6 Å². The molecule has 1 aliphatic heterocycles. The van der Waals surface area contributed by atoms with Crippen molar-refractivity contribution in [3.8, 4) is 0 Å². The highest BCUT2D eigenvalue weighted by atomic mass is 16.6. The maximum Gasteiger partial charge on any atom is 0.410 e. The van der Waals surface area contributed by atoms with Gasteiger partial charge in [-0.05, 0) is 40.5 Å². The number of hydrogen-bond donors (Lipinski definition) is 1. The lowest BCUT2D eigenvalue weighted by atomic mass is 9.90. The molecule has 5 nitrogen and oxygen atoms in total. The van der Waals surface area contributed by atoms with E-state index >= 15 is 0 Å². The van der Waals surface area contributed by atoms with Crippen LogP contribution < -0.4 is 0 Å². The molecular weight excluding hydrogens is 268 g/mol. The van der Waals surface area contributed by atoms with Gasteiger partial charge in [-0.3, -0.25) is 4.90 Å². The lowest BCUT2D eigenvalue weighted by molar-refractivity contribution is -0.0308. The van der Waals surface area contributed by atoms with Gasteiger partial charge < -0.3 is 14.7 Å². The maximum absolute atomic E-state index is 12.2. The van der Waals surface area contributed by atoms with Gasteiger partial charge in [-0.15, -0.1) is 0 Å². The van der Waals surface area contributed by atoms with E-state index in [0.29, 0.717) is 6.54 Å². The molecule has 3 unspecified atom stereocenters. The Hall–Kier alpha value is -0.810. The standard InChI is InChI=1S/C16H30N2O3/c1-12-11-17(13-7-5-6-8-14(13)19)9-10-18(12)15(20)21-16(2,3)4/h12-14,19H,5-11H2,1-4H3. The third-order valence-electron chi connectivity index (χ3n) is 4.45. The first-order valence-electron chi connectivity index (χ1n) is 8.19. The van der Waals surface area contributed by atoms with E-state index in [4.69, 9.17) is 4.74 Å². The summed E-state index contributed by atoms with van der Waals surface area (Å²) in [6.45, 7) is 10.1. The highest BCUT2D eigenvalue weighted by Crippen LogP contribution is 2.26. The Kier molecular flexibility index (Phi) is 5.15. The van der Waals surface area contributed by atoms with Crippen LogP contribution in [0.1, 0.15) is 53.4 Å². The molecular formula is C16H30N2O3. The zero-order chi connectivity index (χ0) is 15.6. The molecule has 2 rings (SSSR count). The second-order valence-corrected chi connectivity index (χ2v) is 7.44. The number of ether oxygens (including phenoxy) is 1. The Balaban J connectivity index is 1.91. The van der Waals surface area contributed by atoms with E-state index in [-0.39, 0.29) is 24.3 Å². The minimum atomic E-state index is -0.451. The Morgan fingerprint density at radius 3 is 2.43 bits per heavy atom. The molecule has 2 aliphatic rings. The first-order valence-corrected chi connectivity index (χ1v) is 8.19. The summed E-state index contributed by atoms with van der Waals surface area (Å²) in [7, 11) is 0. The van der Waals surface area contributed by atoms with Gasteiger partial charge in [0.05, 0.1) is 6.10 Å². The smallest absolute Gasteiger partial charge is 0.410 e. The van der Waals surface area contributed by atoms with Crippen LogP contribution in [0.15, 0.2) is 0 Å². The number of nitrogens with zero attached hydrogens (tertiary/aromatic N) is 2. The molecule has 1 saturated carbocycles. The van der Waals surface area contributed by atoms with Crippen LogP contribution in [0.5, 0.6) is 0 Å². The molecule has 2 fully saturated rings. The van der Waals surface area contributed by atoms with E-state index in [1.807, 2.05) is 25.7 Å². The van der Waals surface area contributed by atoms with E-state index in [2.05, 4.69) is 11.8 Å². The van der Waals surface area contributed by atoms with Crippen LogP contribution in [0.2, 0.25) is 0 Å². The normalized spacial score (nSPS) is 32.0. The lowest BCUT2D eigenvalue weighted by Crippen LogP contribution is -2.59. The van der Waals surface area contributed by atoms with E-state index in [9.17, 15) is 9.90 Å². The average Bonchev–Trinajstić information content (AvgIpc) is 2.37. The Labute approximate surface area is 128 Å². The van der Waals surface area contributed by atoms with E-state index in [1.165, 1.54) is 6.42 Å². The molecule has 5 heteroatoms. The number of piperazine rings is 1. The van der Waals surface area contributed by atoms with Crippen LogP contribution in [-0.2, 0) is 4.74 Å². The van der Waals surface area contributed by atoms with Gasteiger partial charge in [0.1, 0.15) is 5.60 Å². The summed E-state index contributed by atoms with van der Waals surface area (Å²) in [6, 6.07) is 0.393. The molecule has 1 saturated heterocycles. The molecule has 21 heavy (non-hydrogen) atoms. The zero-order valence-corrected chi connectivity index (χ0v) is 13.8. The van der Waals surface area contributed by atoms with Gasteiger partial charge in [-0.25, -0.2) is 4.79 Å². The van der Waals surface area contributed by atoms with Crippen molar-refractivity contribution in [2.45, 2.75) is 77.2 Å². The fourth-order valence-electron chi connectivity index (χ4n) is 3.40. The second kappa shape index (κ2) is 6.53. The first-order chi connectivity index (χ1) is 9.78. The van der Waals surface area contributed by atoms with Crippen molar-refractivity contribution in [1.29, 1.82) is 0 Å². The molecule has 1 heterocycles. The van der Waals surface area contributed by atoms with Crippen LogP contribution in [0.3, 0.4) is 0 Å². The maximum atomic E-state index is 12.2. The third kappa shape index (κ3) is 4.33. The van der Waals surface area contributed by atoms with Crippen LogP contribution in [0.4, 0.5) is 4.79 Å². The van der Waals surface area contributed by atoms with Crippen molar-refractivity contribution >= 4 is 6.09 Å². The number of carbonyl (C=O) groups is 1. The fraction of sp³-hybridized carbons (Fsp3) is 0.938. The molecule has 0 spiro atoms. The molecule has 0 radical (unpaired) electrons. The van der Waals surface area contributed by atoms with Crippen LogP contribution in [-0.4, -0.2) is 64.4 Å².